The highest BCUT2D eigenvalue weighted by atomic mass is 16.6. The van der Waals surface area contributed by atoms with Gasteiger partial charge in [0.2, 0.25) is 0 Å². The molecule has 3 rings (SSSR count). The second kappa shape index (κ2) is 8.32. The lowest BCUT2D eigenvalue weighted by Gasteiger charge is -2.26. The second-order valence-electron chi connectivity index (χ2n) is 6.73. The van der Waals surface area contributed by atoms with Crippen molar-refractivity contribution in [3.05, 3.63) is 47.5 Å². The molecule has 1 aliphatic heterocycles. The Morgan fingerprint density at radius 1 is 0.923 bits per heavy atom. The number of ether oxygens (including phenoxy) is 4. The molecular weight excluding hydrogens is 330 g/mol. The molecule has 0 spiro atoms. The van der Waals surface area contributed by atoms with Gasteiger partial charge in [-0.05, 0) is 41.3 Å². The molecule has 2 aromatic rings. The third kappa shape index (κ3) is 4.22. The predicted molar refractivity (Wildman–Crippen MR) is 101 cm³/mol. The van der Waals surface area contributed by atoms with Crippen LogP contribution in [0.3, 0.4) is 0 Å². The molecule has 2 aromatic carbocycles. The van der Waals surface area contributed by atoms with Gasteiger partial charge in [-0.2, -0.15) is 0 Å². The fourth-order valence-electron chi connectivity index (χ4n) is 3.19. The third-order valence-corrected chi connectivity index (χ3v) is 4.53. The van der Waals surface area contributed by atoms with E-state index in [-0.39, 0.29) is 6.04 Å². The molecule has 0 fully saturated rings. The lowest BCUT2D eigenvalue weighted by molar-refractivity contribution is 0.171. The zero-order valence-corrected chi connectivity index (χ0v) is 15.9. The van der Waals surface area contributed by atoms with Gasteiger partial charge in [-0.15, -0.1) is 0 Å². The van der Waals surface area contributed by atoms with Crippen LogP contribution >= 0.6 is 0 Å². The fourth-order valence-corrected chi connectivity index (χ4v) is 3.19. The molecule has 5 heteroatoms. The minimum atomic E-state index is 0.197. The van der Waals surface area contributed by atoms with Gasteiger partial charge in [-0.3, -0.25) is 0 Å². The number of fused-ring (bicyclic) bond motifs is 1. The van der Waals surface area contributed by atoms with Gasteiger partial charge in [0.15, 0.2) is 11.5 Å². The Labute approximate surface area is 155 Å². The van der Waals surface area contributed by atoms with Gasteiger partial charge in [-0.1, -0.05) is 19.9 Å². The molecule has 1 N–H and O–H groups in total. The molecule has 0 radical (unpaired) electrons. The Hall–Kier alpha value is -2.40. The van der Waals surface area contributed by atoms with Crippen molar-refractivity contribution in [3.8, 4) is 23.0 Å². The lowest BCUT2D eigenvalue weighted by Crippen LogP contribution is -2.26. The first kappa shape index (κ1) is 18.4. The van der Waals surface area contributed by atoms with Crippen LogP contribution in [0.25, 0.3) is 0 Å². The van der Waals surface area contributed by atoms with E-state index in [1.54, 1.807) is 14.2 Å². The van der Waals surface area contributed by atoms with Crippen molar-refractivity contribution in [1.29, 1.82) is 0 Å². The summed E-state index contributed by atoms with van der Waals surface area (Å²) >= 11 is 0. The van der Waals surface area contributed by atoms with E-state index in [2.05, 4.69) is 31.3 Å². The smallest absolute Gasteiger partial charge is 0.161 e. The van der Waals surface area contributed by atoms with Crippen LogP contribution in [0, 0.1) is 5.92 Å². The molecule has 1 atom stereocenters. The van der Waals surface area contributed by atoms with Crippen LogP contribution in [-0.4, -0.2) is 27.4 Å². The molecule has 0 aliphatic carbocycles. The molecule has 1 aliphatic rings. The molecule has 0 saturated heterocycles. The number of nitrogens with one attached hydrogen (secondary N) is 1. The molecule has 1 heterocycles. The van der Waals surface area contributed by atoms with Gasteiger partial charge in [0.1, 0.15) is 24.7 Å². The highest BCUT2D eigenvalue weighted by Crippen LogP contribution is 2.34. The first-order valence-corrected chi connectivity index (χ1v) is 8.95. The van der Waals surface area contributed by atoms with Crippen molar-refractivity contribution in [2.24, 2.45) is 5.92 Å². The van der Waals surface area contributed by atoms with E-state index in [9.17, 15) is 0 Å². The van der Waals surface area contributed by atoms with E-state index in [4.69, 9.17) is 18.9 Å². The van der Waals surface area contributed by atoms with Crippen LogP contribution in [0.2, 0.25) is 0 Å². The summed E-state index contributed by atoms with van der Waals surface area (Å²) in [7, 11) is 3.33. The van der Waals surface area contributed by atoms with Gasteiger partial charge in [0, 0.05) is 18.7 Å². The van der Waals surface area contributed by atoms with Crippen LogP contribution < -0.4 is 24.3 Å². The maximum Gasteiger partial charge on any atom is 0.161 e. The third-order valence-electron chi connectivity index (χ3n) is 4.53. The van der Waals surface area contributed by atoms with E-state index in [0.717, 1.165) is 28.6 Å². The van der Waals surface area contributed by atoms with Crippen LogP contribution in [-0.2, 0) is 6.54 Å². The number of rotatable bonds is 7. The summed E-state index contributed by atoms with van der Waals surface area (Å²) in [4.78, 5) is 0. The Morgan fingerprint density at radius 3 is 2.19 bits per heavy atom. The summed E-state index contributed by atoms with van der Waals surface area (Å²) in [5.74, 6) is 3.65. The van der Waals surface area contributed by atoms with Gasteiger partial charge < -0.3 is 24.3 Å². The summed E-state index contributed by atoms with van der Waals surface area (Å²) in [6.45, 7) is 6.34. The SMILES string of the molecule is COc1cc(CNC(c2ccc3c(c2)OCCO3)C(C)C)cc(OC)c1. The van der Waals surface area contributed by atoms with Crippen LogP contribution in [0.4, 0.5) is 0 Å². The number of benzene rings is 2. The molecule has 26 heavy (non-hydrogen) atoms. The topological polar surface area (TPSA) is 49.0 Å². The quantitative estimate of drug-likeness (QED) is 0.813. The Kier molecular flexibility index (Phi) is 5.89. The first-order chi connectivity index (χ1) is 12.6. The zero-order chi connectivity index (χ0) is 18.5. The number of methoxy groups -OCH3 is 2. The van der Waals surface area contributed by atoms with Crippen molar-refractivity contribution in [1.82, 2.24) is 5.32 Å². The molecule has 0 aromatic heterocycles. The Balaban J connectivity index is 1.77. The van der Waals surface area contributed by atoms with E-state index in [1.807, 2.05) is 24.3 Å². The summed E-state index contributed by atoms with van der Waals surface area (Å²) in [5.41, 5.74) is 2.31. The summed E-state index contributed by atoms with van der Waals surface area (Å²) in [5, 5.41) is 3.65. The second-order valence-corrected chi connectivity index (χ2v) is 6.73. The Morgan fingerprint density at radius 2 is 1.58 bits per heavy atom. The van der Waals surface area contributed by atoms with Crippen molar-refractivity contribution in [2.75, 3.05) is 27.4 Å². The van der Waals surface area contributed by atoms with E-state index in [1.165, 1.54) is 5.56 Å². The minimum Gasteiger partial charge on any atom is -0.497 e. The average molecular weight is 357 g/mol. The van der Waals surface area contributed by atoms with Crippen molar-refractivity contribution in [3.63, 3.8) is 0 Å². The fraction of sp³-hybridized carbons (Fsp3) is 0.429. The van der Waals surface area contributed by atoms with Crippen LogP contribution in [0.1, 0.15) is 31.0 Å². The Bertz CT molecular complexity index is 723. The molecule has 0 amide bonds. The highest BCUT2D eigenvalue weighted by Gasteiger charge is 2.19. The average Bonchev–Trinajstić information content (AvgIpc) is 2.67. The largest absolute Gasteiger partial charge is 0.497 e. The van der Waals surface area contributed by atoms with Crippen molar-refractivity contribution < 1.29 is 18.9 Å². The first-order valence-electron chi connectivity index (χ1n) is 8.95. The maximum atomic E-state index is 5.73. The predicted octanol–water partition coefficient (Wildman–Crippen LogP) is 3.96. The normalized spacial score (nSPS) is 14.2. The molecule has 1 unspecified atom stereocenters. The van der Waals surface area contributed by atoms with Gasteiger partial charge in [-0.25, -0.2) is 0 Å². The molecule has 5 nitrogen and oxygen atoms in total. The van der Waals surface area contributed by atoms with Crippen molar-refractivity contribution in [2.45, 2.75) is 26.4 Å². The lowest BCUT2D eigenvalue weighted by atomic mass is 9.95. The van der Waals surface area contributed by atoms with E-state index < -0.39 is 0 Å². The van der Waals surface area contributed by atoms with Crippen LogP contribution in [0.5, 0.6) is 23.0 Å². The monoisotopic (exact) mass is 357 g/mol. The molecule has 0 saturated carbocycles. The van der Waals surface area contributed by atoms with Gasteiger partial charge in [0.25, 0.3) is 0 Å². The summed E-state index contributed by atoms with van der Waals surface area (Å²) < 4.78 is 22.1. The minimum absolute atomic E-state index is 0.197. The van der Waals surface area contributed by atoms with E-state index >= 15 is 0 Å². The van der Waals surface area contributed by atoms with Crippen molar-refractivity contribution >= 4 is 0 Å². The molecule has 0 bridgehead atoms. The highest BCUT2D eigenvalue weighted by molar-refractivity contribution is 5.45. The molecular formula is C21H27NO4. The van der Waals surface area contributed by atoms with E-state index in [0.29, 0.717) is 25.7 Å². The maximum absolute atomic E-state index is 5.73. The van der Waals surface area contributed by atoms with Crippen LogP contribution in [0.15, 0.2) is 36.4 Å². The summed E-state index contributed by atoms with van der Waals surface area (Å²) in [6, 6.07) is 12.3. The number of hydrogen-bond donors (Lipinski definition) is 1. The number of hydrogen-bond acceptors (Lipinski definition) is 5. The standard InChI is InChI=1S/C21H27NO4/c1-14(2)21(16-5-6-19-20(11-16)26-8-7-25-19)22-13-15-9-17(23-3)12-18(10-15)24-4/h5-6,9-12,14,21-22H,7-8,13H2,1-4H3. The van der Waals surface area contributed by atoms with Gasteiger partial charge in [0.05, 0.1) is 14.2 Å². The van der Waals surface area contributed by atoms with Gasteiger partial charge >= 0.3 is 0 Å². The molecule has 140 valence electrons. The summed E-state index contributed by atoms with van der Waals surface area (Å²) in [6.07, 6.45) is 0. The zero-order valence-electron chi connectivity index (χ0n) is 15.9.